The zero-order valence-corrected chi connectivity index (χ0v) is 81.3. The Morgan fingerprint density at radius 1 is 0.168 bits per heavy atom. The lowest BCUT2D eigenvalue weighted by Crippen LogP contribution is -2.06. The highest BCUT2D eigenvalue weighted by Gasteiger charge is 2.29. The van der Waals surface area contributed by atoms with Crippen LogP contribution in [0.15, 0.2) is 492 Å². The van der Waals surface area contributed by atoms with E-state index in [4.69, 9.17) is 28.2 Å². The van der Waals surface area contributed by atoms with Crippen LogP contribution in [0.25, 0.3) is 305 Å². The highest BCUT2D eigenvalue weighted by Crippen LogP contribution is 2.52. The van der Waals surface area contributed by atoms with Crippen molar-refractivity contribution in [1.82, 2.24) is 42.4 Å². The normalized spacial score (nSPS) is 12.2. The van der Waals surface area contributed by atoms with Crippen LogP contribution in [0.1, 0.15) is 0 Å². The minimum atomic E-state index is 0.576. The van der Waals surface area contributed by atoms with Gasteiger partial charge in [0.15, 0.2) is 11.6 Å². The van der Waals surface area contributed by atoms with Crippen LogP contribution in [-0.2, 0) is 0 Å². The number of benzene rings is 22. The van der Waals surface area contributed by atoms with E-state index in [-0.39, 0.29) is 0 Å². The fourth-order valence-electron chi connectivity index (χ4n) is 24.3. The molecule has 0 spiro atoms. The van der Waals surface area contributed by atoms with Gasteiger partial charge in [0.05, 0.1) is 76.6 Å². The van der Waals surface area contributed by atoms with Crippen LogP contribution < -0.4 is 0 Å². The average Bonchev–Trinajstić information content (AvgIpc) is 1.59. The van der Waals surface area contributed by atoms with E-state index in [9.17, 15) is 0 Å². The van der Waals surface area contributed by atoms with Gasteiger partial charge in [0, 0.05) is 185 Å². The van der Waals surface area contributed by atoms with Gasteiger partial charge < -0.3 is 36.1 Å². The topological polar surface area (TPSA) is 108 Å². The molecule has 0 aliphatic heterocycles. The molecule has 0 radical (unpaired) electrons. The third kappa shape index (κ3) is 12.5. The first kappa shape index (κ1) is 83.0. The van der Waals surface area contributed by atoms with Crippen LogP contribution in [-0.4, -0.2) is 42.4 Å². The van der Waals surface area contributed by atoms with Crippen LogP contribution in [0.4, 0.5) is 0 Å². The zero-order valence-electron chi connectivity index (χ0n) is 79.7. The van der Waals surface area contributed by atoms with Crippen molar-refractivity contribution < 1.29 is 13.3 Å². The van der Waals surface area contributed by atoms with Gasteiger partial charge in [-0.3, -0.25) is 4.57 Å². The standard InChI is InChI=1S/C48H28N2OS.C45H27N5O.C42H24N2OS/c1-2-12-29(13-3-1)31-17-10-18-34-35-19-11-22-42(48(35)52-47(31)34)50-39-21-8-5-16-37(39)46-41(50)27-26-40-45(46)36-15-4-7-20-38(36)49(40)30-24-25-33-32-14-6-9-23-43(32)51-44(33)28-30;1-3-13-28(14-4-1)43-46-44(29-15-5-2-6-16-29)48-45(47-43)50-36-21-11-8-19-34(36)42-38(50)26-25-37-41(42)33-18-7-10-20-35(33)49(37)30-23-24-32-31-17-9-12-22-39(31)51-40(32)27-30;1-5-13-33-30(11-1)41-35(43(33)25-18-22-40-32(23-25)29-10-4-8-16-39(29)46-40)20-21-36-42(41)31-12-2-6-14-34(31)44(36)26-17-19-28-27-9-3-7-15-37(27)45-38(28)24-26/h1-28H;1-27H;1-24H. The molecule has 34 rings (SSSR count). The first-order chi connectivity index (χ1) is 73.9. The quantitative estimate of drug-likeness (QED) is 0.142. The van der Waals surface area contributed by atoms with Crippen molar-refractivity contribution in [1.29, 1.82) is 0 Å². The summed E-state index contributed by atoms with van der Waals surface area (Å²) in [5.41, 5.74) is 29.3. The molecule has 0 aliphatic rings. The second-order valence-corrected chi connectivity index (χ2v) is 40.7. The van der Waals surface area contributed by atoms with Gasteiger partial charge in [-0.15, -0.1) is 22.7 Å². The Bertz CT molecular complexity index is 11600. The maximum atomic E-state index is 6.37. The van der Waals surface area contributed by atoms with Gasteiger partial charge in [0.25, 0.3) is 0 Å². The van der Waals surface area contributed by atoms with Gasteiger partial charge in [-0.1, -0.05) is 303 Å². The summed E-state index contributed by atoms with van der Waals surface area (Å²) in [5.74, 6) is 1.83. The van der Waals surface area contributed by atoms with Crippen molar-refractivity contribution in [2.45, 2.75) is 0 Å². The summed E-state index contributed by atoms with van der Waals surface area (Å²) in [6, 6.07) is 171. The second-order valence-electron chi connectivity index (χ2n) is 38.6. The van der Waals surface area contributed by atoms with E-state index in [1.165, 1.54) is 161 Å². The molecule has 0 saturated carbocycles. The van der Waals surface area contributed by atoms with Crippen molar-refractivity contribution in [3.63, 3.8) is 0 Å². The molecule has 0 amide bonds. The number of aromatic nitrogens is 9. The lowest BCUT2D eigenvalue weighted by molar-refractivity contribution is 0.668. The van der Waals surface area contributed by atoms with E-state index in [1.807, 2.05) is 120 Å². The van der Waals surface area contributed by atoms with Crippen molar-refractivity contribution in [3.05, 3.63) is 479 Å². The summed E-state index contributed by atoms with van der Waals surface area (Å²) in [5, 5.41) is 26.8. The van der Waals surface area contributed by atoms with Gasteiger partial charge in [0.1, 0.15) is 33.5 Å². The minimum absolute atomic E-state index is 0.576. The number of hydrogen-bond acceptors (Lipinski definition) is 8. The summed E-state index contributed by atoms with van der Waals surface area (Å²) in [6.07, 6.45) is 0. The monoisotopic (exact) mass is 1940 g/mol. The largest absolute Gasteiger partial charge is 0.456 e. The third-order valence-corrected chi connectivity index (χ3v) is 33.0. The van der Waals surface area contributed by atoms with Crippen molar-refractivity contribution in [2.24, 2.45) is 0 Å². The predicted octanol–water partition coefficient (Wildman–Crippen LogP) is 37.3. The van der Waals surface area contributed by atoms with Crippen molar-refractivity contribution in [2.75, 3.05) is 0 Å². The molecular formula is C135H79N9O3S2. The summed E-state index contributed by atoms with van der Waals surface area (Å²) < 4.78 is 38.6. The van der Waals surface area contributed by atoms with Gasteiger partial charge >= 0.3 is 0 Å². The summed E-state index contributed by atoms with van der Waals surface area (Å²) in [6.45, 7) is 0. The molecule has 0 bridgehead atoms. The summed E-state index contributed by atoms with van der Waals surface area (Å²) in [7, 11) is 0. The molecule has 34 aromatic rings. The summed E-state index contributed by atoms with van der Waals surface area (Å²) >= 11 is 3.76. The van der Waals surface area contributed by atoms with Crippen LogP contribution >= 0.6 is 22.7 Å². The van der Waals surface area contributed by atoms with Gasteiger partial charge in [-0.25, -0.2) is 4.98 Å². The Labute approximate surface area is 856 Å². The van der Waals surface area contributed by atoms with Crippen molar-refractivity contribution in [3.8, 4) is 68.3 Å². The number of rotatable bonds is 9. The molecule has 0 atom stereocenters. The van der Waals surface area contributed by atoms with Crippen LogP contribution in [0.3, 0.4) is 0 Å². The molecule has 0 unspecified atom stereocenters. The van der Waals surface area contributed by atoms with Gasteiger partial charge in [-0.2, -0.15) is 9.97 Å². The Morgan fingerprint density at radius 3 is 0.879 bits per heavy atom. The Balaban J connectivity index is 0.0000000990. The molecule has 12 heterocycles. The van der Waals surface area contributed by atoms with Crippen molar-refractivity contribution >= 4 is 260 Å². The number of furan rings is 3. The third-order valence-electron chi connectivity index (χ3n) is 30.6. The van der Waals surface area contributed by atoms with E-state index >= 15 is 0 Å². The molecule has 149 heavy (non-hydrogen) atoms. The van der Waals surface area contributed by atoms with E-state index in [0.29, 0.717) is 17.6 Å². The van der Waals surface area contributed by atoms with Crippen LogP contribution in [0.5, 0.6) is 0 Å². The zero-order chi connectivity index (χ0) is 97.3. The molecule has 12 aromatic heterocycles. The summed E-state index contributed by atoms with van der Waals surface area (Å²) in [4.78, 5) is 15.2. The molecule has 0 N–H and O–H groups in total. The number of thiophene rings is 2. The molecule has 14 heteroatoms. The minimum Gasteiger partial charge on any atom is -0.456 e. The lowest BCUT2D eigenvalue weighted by atomic mass is 10.0. The van der Waals surface area contributed by atoms with Gasteiger partial charge in [-0.05, 0) is 169 Å². The SMILES string of the molecule is c1ccc(-c2cccc3c2sc2c(-n4c5ccccc5c5c6c7ccccc7n(-c7ccc8c(c7)oc7ccccc78)c6ccc54)cccc23)cc1.c1ccc(-c2nc(-c3ccccc3)nc(-n3c4ccccc4c4c5c6ccccc6n(-c6ccc7c(c6)oc6ccccc67)c5ccc43)n2)cc1.c1ccc2c(c1)oc1cc(-n3c4ccccc4c4c5c6ccccc6n(-c6ccc7sc8ccccc8c7c6)c5ccc43)ccc12. The van der Waals surface area contributed by atoms with E-state index in [0.717, 1.165) is 127 Å². The maximum Gasteiger partial charge on any atom is 0.238 e. The number of fused-ring (bicyclic) bond motifs is 36. The molecular weight excluding hydrogens is 1860 g/mol. The Hall–Kier alpha value is -19.5. The fraction of sp³-hybridized carbons (Fsp3) is 0. The Morgan fingerprint density at radius 2 is 0.463 bits per heavy atom. The highest BCUT2D eigenvalue weighted by atomic mass is 32.1. The number of para-hydroxylation sites is 9. The highest BCUT2D eigenvalue weighted by molar-refractivity contribution is 7.27. The van der Waals surface area contributed by atoms with Crippen LogP contribution in [0, 0.1) is 0 Å². The average molecular weight is 1940 g/mol. The molecule has 0 saturated heterocycles. The lowest BCUT2D eigenvalue weighted by Gasteiger charge is -2.11. The first-order valence-corrected chi connectivity index (χ1v) is 52.0. The molecule has 12 nitrogen and oxygen atoms in total. The predicted molar refractivity (Wildman–Crippen MR) is 623 cm³/mol. The fourth-order valence-corrected chi connectivity index (χ4v) is 26.7. The number of hydrogen-bond donors (Lipinski definition) is 0. The molecule has 0 fully saturated rings. The van der Waals surface area contributed by atoms with E-state index in [1.54, 1.807) is 0 Å². The smallest absolute Gasteiger partial charge is 0.238 e. The Kier molecular flexibility index (Phi) is 18.1. The molecule has 22 aromatic carbocycles. The maximum absolute atomic E-state index is 6.37. The first-order valence-electron chi connectivity index (χ1n) is 50.3. The van der Waals surface area contributed by atoms with E-state index < -0.39 is 0 Å². The second kappa shape index (κ2) is 32.5. The number of nitrogens with zero attached hydrogens (tertiary/aromatic N) is 9. The van der Waals surface area contributed by atoms with E-state index in [2.05, 4.69) is 410 Å². The van der Waals surface area contributed by atoms with Gasteiger partial charge in [0.2, 0.25) is 5.95 Å². The molecule has 0 aliphatic carbocycles. The van der Waals surface area contributed by atoms with Crippen LogP contribution in [0.2, 0.25) is 0 Å². The molecule has 694 valence electrons.